The predicted molar refractivity (Wildman–Crippen MR) is 109 cm³/mol. The van der Waals surface area contributed by atoms with Gasteiger partial charge < -0.3 is 19.2 Å². The van der Waals surface area contributed by atoms with Crippen LogP contribution in [-0.2, 0) is 11.2 Å². The van der Waals surface area contributed by atoms with E-state index in [4.69, 9.17) is 25.5 Å². The molecule has 8 nitrogen and oxygen atoms in total. The first-order valence-electron chi connectivity index (χ1n) is 9.21. The second-order valence-electron chi connectivity index (χ2n) is 6.40. The summed E-state index contributed by atoms with van der Waals surface area (Å²) in [5.41, 5.74) is 4.87. The minimum absolute atomic E-state index is 0.183. The van der Waals surface area contributed by atoms with Crippen molar-refractivity contribution in [2.45, 2.75) is 33.1 Å². The number of carbonyl (C=O) groups excluding carboxylic acids is 2. The number of nitrogens with one attached hydrogen (secondary N) is 2. The van der Waals surface area contributed by atoms with E-state index in [0.29, 0.717) is 46.3 Å². The first-order chi connectivity index (χ1) is 13.9. The zero-order valence-electron chi connectivity index (χ0n) is 16.4. The van der Waals surface area contributed by atoms with Crippen LogP contribution in [0.2, 0.25) is 5.02 Å². The molecule has 29 heavy (non-hydrogen) atoms. The fourth-order valence-corrected chi connectivity index (χ4v) is 3.40. The highest BCUT2D eigenvalue weighted by molar-refractivity contribution is 6.31. The zero-order valence-corrected chi connectivity index (χ0v) is 17.2. The van der Waals surface area contributed by atoms with Crippen molar-refractivity contribution < 1.29 is 23.5 Å². The lowest BCUT2D eigenvalue weighted by atomic mass is 9.93. The molecule has 0 saturated heterocycles. The molecule has 1 aromatic heterocycles. The smallest absolute Gasteiger partial charge is 0.427 e. The van der Waals surface area contributed by atoms with Crippen molar-refractivity contribution in [1.82, 2.24) is 5.43 Å². The summed E-state index contributed by atoms with van der Waals surface area (Å²) in [6.45, 7) is 3.76. The molecule has 2 aromatic rings. The van der Waals surface area contributed by atoms with Gasteiger partial charge in [0.2, 0.25) is 0 Å². The molecular weight excluding hydrogens is 398 g/mol. The van der Waals surface area contributed by atoms with Crippen LogP contribution in [0.4, 0.5) is 10.5 Å². The molecule has 1 aliphatic carbocycles. The normalized spacial score (nSPS) is 14.3. The summed E-state index contributed by atoms with van der Waals surface area (Å²) < 4.78 is 15.9. The quantitative estimate of drug-likeness (QED) is 0.704. The van der Waals surface area contributed by atoms with Crippen molar-refractivity contribution in [3.8, 4) is 5.75 Å². The van der Waals surface area contributed by atoms with Crippen molar-refractivity contribution in [1.29, 1.82) is 0 Å². The maximum absolute atomic E-state index is 12.9. The third-order valence-corrected chi connectivity index (χ3v) is 4.73. The number of methoxy groups -OCH3 is 1. The van der Waals surface area contributed by atoms with E-state index in [1.807, 2.05) is 0 Å². The Morgan fingerprint density at radius 3 is 2.83 bits per heavy atom. The van der Waals surface area contributed by atoms with Gasteiger partial charge >= 0.3 is 6.09 Å². The Hall–Kier alpha value is -3.00. The second kappa shape index (κ2) is 9.00. The van der Waals surface area contributed by atoms with E-state index in [1.54, 1.807) is 32.0 Å². The number of anilines is 1. The molecule has 2 N–H and O–H groups in total. The molecule has 1 aliphatic rings. The van der Waals surface area contributed by atoms with E-state index in [-0.39, 0.29) is 12.4 Å². The van der Waals surface area contributed by atoms with Gasteiger partial charge in [-0.1, -0.05) is 11.6 Å². The number of benzene rings is 1. The van der Waals surface area contributed by atoms with Gasteiger partial charge in [0, 0.05) is 22.6 Å². The van der Waals surface area contributed by atoms with E-state index < -0.39 is 12.0 Å². The molecule has 0 bridgehead atoms. The number of hydrogen-bond donors (Lipinski definition) is 2. The molecule has 0 spiro atoms. The van der Waals surface area contributed by atoms with E-state index in [9.17, 15) is 9.59 Å². The fraction of sp³-hybridized carbons (Fsp3) is 0.350. The predicted octanol–water partition coefficient (Wildman–Crippen LogP) is 4.29. The second-order valence-corrected chi connectivity index (χ2v) is 6.83. The molecule has 0 saturated carbocycles. The average molecular weight is 420 g/mol. The summed E-state index contributed by atoms with van der Waals surface area (Å²) in [6.07, 6.45) is 1.51. The van der Waals surface area contributed by atoms with Crippen LogP contribution in [0.5, 0.6) is 5.75 Å². The molecule has 9 heteroatoms. The number of hydrazone groups is 1. The Balaban J connectivity index is 1.87. The number of fused-ring (bicyclic) bond motifs is 1. The first kappa shape index (κ1) is 20.7. The van der Waals surface area contributed by atoms with Gasteiger partial charge in [0.25, 0.3) is 5.91 Å². The monoisotopic (exact) mass is 419 g/mol. The Labute approximate surface area is 173 Å². The van der Waals surface area contributed by atoms with Gasteiger partial charge in [0.15, 0.2) is 5.76 Å². The summed E-state index contributed by atoms with van der Waals surface area (Å²) >= 11 is 6.03. The van der Waals surface area contributed by atoms with Gasteiger partial charge in [-0.15, -0.1) is 0 Å². The zero-order chi connectivity index (χ0) is 21.0. The van der Waals surface area contributed by atoms with Crippen molar-refractivity contribution in [3.63, 3.8) is 0 Å². The van der Waals surface area contributed by atoms with Gasteiger partial charge in [0.1, 0.15) is 11.5 Å². The van der Waals surface area contributed by atoms with E-state index >= 15 is 0 Å². The minimum Gasteiger partial charge on any atom is -0.495 e. The summed E-state index contributed by atoms with van der Waals surface area (Å²) in [6, 6.07) is 4.95. The lowest BCUT2D eigenvalue weighted by molar-refractivity contribution is 0.0993. The number of rotatable bonds is 5. The highest BCUT2D eigenvalue weighted by Gasteiger charge is 2.28. The average Bonchev–Trinajstić information content (AvgIpc) is 3.04. The maximum atomic E-state index is 12.9. The highest BCUT2D eigenvalue weighted by atomic mass is 35.5. The van der Waals surface area contributed by atoms with Crippen LogP contribution in [0, 0.1) is 6.92 Å². The van der Waals surface area contributed by atoms with Crippen LogP contribution in [-0.4, -0.2) is 31.4 Å². The number of furan rings is 1. The number of hydrogen-bond acceptors (Lipinski definition) is 6. The topological polar surface area (TPSA) is 102 Å². The molecule has 0 aliphatic heterocycles. The molecule has 1 aromatic carbocycles. The molecular formula is C20H22ClN3O5. The number of ether oxygens (including phenoxy) is 2. The van der Waals surface area contributed by atoms with E-state index in [1.165, 1.54) is 7.11 Å². The van der Waals surface area contributed by atoms with Crippen LogP contribution < -0.4 is 15.5 Å². The highest BCUT2D eigenvalue weighted by Crippen LogP contribution is 2.32. The third-order valence-electron chi connectivity index (χ3n) is 4.50. The van der Waals surface area contributed by atoms with E-state index in [0.717, 1.165) is 12.0 Å². The Bertz CT molecular complexity index is 967. The Morgan fingerprint density at radius 1 is 1.31 bits per heavy atom. The largest absolute Gasteiger partial charge is 0.495 e. The van der Waals surface area contributed by atoms with Crippen LogP contribution in [0.15, 0.2) is 27.7 Å². The lowest BCUT2D eigenvalue weighted by Gasteiger charge is -2.13. The fourth-order valence-electron chi connectivity index (χ4n) is 3.23. The SMILES string of the molecule is CCOC(=O)N/N=C1\CCCc2oc(C(=O)Nc3cc(Cl)ccc3OC)c(C)c21. The molecule has 2 amide bonds. The van der Waals surface area contributed by atoms with Crippen molar-refractivity contribution in [3.05, 3.63) is 45.9 Å². The van der Waals surface area contributed by atoms with Crippen LogP contribution >= 0.6 is 11.6 Å². The van der Waals surface area contributed by atoms with Crippen LogP contribution in [0.3, 0.4) is 0 Å². The Kier molecular flexibility index (Phi) is 6.43. The summed E-state index contributed by atoms with van der Waals surface area (Å²) in [5.74, 6) is 0.914. The van der Waals surface area contributed by atoms with Crippen LogP contribution in [0.1, 0.15) is 47.2 Å². The number of halogens is 1. The standard InChI is InChI=1S/C20H22ClN3O5/c1-4-28-20(26)24-23-13-6-5-7-16-17(13)11(2)18(29-16)19(25)22-14-10-12(21)8-9-15(14)27-3/h8-10H,4-7H2,1-3H3,(H,22,25)(H,24,26)/b23-13+. The number of aryl methyl sites for hydroxylation is 1. The Morgan fingerprint density at radius 2 is 2.10 bits per heavy atom. The van der Waals surface area contributed by atoms with Gasteiger partial charge in [0.05, 0.1) is 25.1 Å². The van der Waals surface area contributed by atoms with E-state index in [2.05, 4.69) is 15.8 Å². The number of amides is 2. The molecule has 0 atom stereocenters. The first-order valence-corrected chi connectivity index (χ1v) is 9.59. The summed E-state index contributed by atoms with van der Waals surface area (Å²) in [7, 11) is 1.51. The van der Waals surface area contributed by atoms with Gasteiger partial charge in [-0.05, 0) is 44.9 Å². The maximum Gasteiger partial charge on any atom is 0.427 e. The molecule has 0 radical (unpaired) electrons. The minimum atomic E-state index is -0.626. The lowest BCUT2D eigenvalue weighted by Crippen LogP contribution is -2.22. The third kappa shape index (κ3) is 4.54. The molecule has 154 valence electrons. The summed E-state index contributed by atoms with van der Waals surface area (Å²) in [5, 5.41) is 7.41. The van der Waals surface area contributed by atoms with Crippen molar-refractivity contribution >= 4 is 35.0 Å². The number of carbonyl (C=O) groups is 2. The molecule has 1 heterocycles. The molecule has 0 unspecified atom stereocenters. The van der Waals surface area contributed by atoms with Gasteiger partial charge in [-0.2, -0.15) is 5.10 Å². The van der Waals surface area contributed by atoms with Gasteiger partial charge in [-0.3, -0.25) is 4.79 Å². The summed E-state index contributed by atoms with van der Waals surface area (Å²) in [4.78, 5) is 24.4. The van der Waals surface area contributed by atoms with Crippen molar-refractivity contribution in [2.24, 2.45) is 5.10 Å². The number of nitrogens with zero attached hydrogens (tertiary/aromatic N) is 1. The van der Waals surface area contributed by atoms with Crippen molar-refractivity contribution in [2.75, 3.05) is 19.0 Å². The molecule has 0 fully saturated rings. The van der Waals surface area contributed by atoms with Gasteiger partial charge in [-0.25, -0.2) is 10.2 Å². The van der Waals surface area contributed by atoms with Crippen LogP contribution in [0.25, 0.3) is 0 Å². The molecule has 3 rings (SSSR count).